The molecule has 0 aromatic carbocycles. The smallest absolute Gasteiger partial charge is 0.409 e. The van der Waals surface area contributed by atoms with E-state index in [-0.39, 0.29) is 30.2 Å². The van der Waals surface area contributed by atoms with Crippen LogP contribution >= 0.6 is 0 Å². The molecule has 1 aromatic rings. The van der Waals surface area contributed by atoms with Crippen LogP contribution in [0.3, 0.4) is 0 Å². The molecule has 4 rings (SSSR count). The van der Waals surface area contributed by atoms with Crippen LogP contribution in [0.1, 0.15) is 37.9 Å². The maximum atomic E-state index is 12.1. The van der Waals surface area contributed by atoms with Crippen LogP contribution in [0.15, 0.2) is 18.5 Å². The van der Waals surface area contributed by atoms with Crippen LogP contribution in [0.2, 0.25) is 0 Å². The molecule has 9 nitrogen and oxygen atoms in total. The molecule has 29 heavy (non-hydrogen) atoms. The van der Waals surface area contributed by atoms with Crippen LogP contribution in [0.4, 0.5) is 4.79 Å². The highest BCUT2D eigenvalue weighted by atomic mass is 32.2. The number of carbonyl (C=O) groups is 1. The minimum absolute atomic E-state index is 0.0957. The molecule has 1 aliphatic heterocycles. The third-order valence-corrected chi connectivity index (χ3v) is 7.26. The van der Waals surface area contributed by atoms with Crippen LogP contribution in [-0.4, -0.2) is 74.1 Å². The van der Waals surface area contributed by atoms with Crippen molar-refractivity contribution in [2.24, 2.45) is 5.92 Å². The average Bonchev–Trinajstić information content (AvgIpc) is 3.32. The van der Waals surface area contributed by atoms with E-state index in [9.17, 15) is 13.2 Å². The molecule has 160 valence electrons. The quantitative estimate of drug-likeness (QED) is 0.727. The van der Waals surface area contributed by atoms with E-state index in [1.165, 1.54) is 7.11 Å². The third-order valence-electron chi connectivity index (χ3n) is 6.53. The van der Waals surface area contributed by atoms with Crippen LogP contribution < -0.4 is 4.72 Å². The fourth-order valence-electron chi connectivity index (χ4n) is 4.99. The number of ether oxygens (including phenoxy) is 2. The number of rotatable bonds is 6. The van der Waals surface area contributed by atoms with Gasteiger partial charge in [0.1, 0.15) is 5.82 Å². The molecule has 5 atom stereocenters. The SMILES string of the molecule is COC(=O)N1CC[C@H](NS(C)(=O)=O)[C@@H]1CO[C@@H]1CC[C@]2(c3ncccn3)CC2C1. The molecule has 1 saturated heterocycles. The van der Waals surface area contributed by atoms with Crippen molar-refractivity contribution in [3.05, 3.63) is 24.3 Å². The molecule has 0 bridgehead atoms. The predicted molar refractivity (Wildman–Crippen MR) is 105 cm³/mol. The van der Waals surface area contributed by atoms with Crippen LogP contribution in [0.25, 0.3) is 0 Å². The van der Waals surface area contributed by atoms with Gasteiger partial charge in [0.05, 0.1) is 32.1 Å². The summed E-state index contributed by atoms with van der Waals surface area (Å²) in [6, 6.07) is 1.09. The summed E-state index contributed by atoms with van der Waals surface area (Å²) in [5.41, 5.74) is 0.104. The highest BCUT2D eigenvalue weighted by Gasteiger charge is 2.59. The molecule has 2 aliphatic carbocycles. The Hall–Kier alpha value is -1.78. The first kappa shape index (κ1) is 20.5. The summed E-state index contributed by atoms with van der Waals surface area (Å²) in [5, 5.41) is 0. The summed E-state index contributed by atoms with van der Waals surface area (Å²) >= 11 is 0. The van der Waals surface area contributed by atoms with E-state index in [2.05, 4.69) is 14.7 Å². The Balaban J connectivity index is 1.36. The van der Waals surface area contributed by atoms with Crippen LogP contribution in [0, 0.1) is 5.92 Å². The summed E-state index contributed by atoms with van der Waals surface area (Å²) in [6.07, 6.45) is 8.83. The van der Waals surface area contributed by atoms with Crippen molar-refractivity contribution in [1.82, 2.24) is 19.6 Å². The first-order valence-corrected chi connectivity index (χ1v) is 11.9. The molecule has 1 unspecified atom stereocenters. The molecule has 3 fully saturated rings. The van der Waals surface area contributed by atoms with E-state index in [1.807, 2.05) is 6.07 Å². The molecule has 1 amide bonds. The van der Waals surface area contributed by atoms with Crippen molar-refractivity contribution in [1.29, 1.82) is 0 Å². The summed E-state index contributed by atoms with van der Waals surface area (Å²) in [5.74, 6) is 1.46. The van der Waals surface area contributed by atoms with Crippen molar-refractivity contribution in [3.8, 4) is 0 Å². The lowest BCUT2D eigenvalue weighted by Crippen LogP contribution is -2.49. The van der Waals surface area contributed by atoms with Crippen molar-refractivity contribution in [3.63, 3.8) is 0 Å². The van der Waals surface area contributed by atoms with Crippen molar-refractivity contribution >= 4 is 16.1 Å². The Labute approximate surface area is 171 Å². The molecule has 0 spiro atoms. The van der Waals surface area contributed by atoms with Gasteiger partial charge in [-0.3, -0.25) is 0 Å². The second-order valence-corrected chi connectivity index (χ2v) is 10.2. The lowest BCUT2D eigenvalue weighted by Gasteiger charge is -2.31. The molecule has 1 N–H and O–H groups in total. The van der Waals surface area contributed by atoms with Gasteiger partial charge in [-0.1, -0.05) is 0 Å². The summed E-state index contributed by atoms with van der Waals surface area (Å²) in [7, 11) is -2.05. The van der Waals surface area contributed by atoms with E-state index in [0.717, 1.165) is 37.8 Å². The zero-order valence-electron chi connectivity index (χ0n) is 16.8. The highest BCUT2D eigenvalue weighted by Crippen LogP contribution is 2.61. The van der Waals surface area contributed by atoms with Gasteiger partial charge in [-0.05, 0) is 44.1 Å². The molecular weight excluding hydrogens is 396 g/mol. The maximum absolute atomic E-state index is 12.1. The number of sulfonamides is 1. The summed E-state index contributed by atoms with van der Waals surface area (Å²) < 4.78 is 37.1. The number of methoxy groups -OCH3 is 1. The molecule has 10 heteroatoms. The number of likely N-dealkylation sites (tertiary alicyclic amines) is 1. The van der Waals surface area contributed by atoms with E-state index >= 15 is 0 Å². The summed E-state index contributed by atoms with van der Waals surface area (Å²) in [4.78, 5) is 22.6. The minimum Gasteiger partial charge on any atom is -0.453 e. The monoisotopic (exact) mass is 424 g/mol. The van der Waals surface area contributed by atoms with Crippen LogP contribution in [-0.2, 0) is 24.9 Å². The van der Waals surface area contributed by atoms with Gasteiger partial charge in [-0.25, -0.2) is 27.9 Å². The van der Waals surface area contributed by atoms with Crippen LogP contribution in [0.5, 0.6) is 0 Å². The van der Waals surface area contributed by atoms with E-state index < -0.39 is 16.1 Å². The van der Waals surface area contributed by atoms with Gasteiger partial charge in [0.15, 0.2) is 0 Å². The molecular formula is C19H28N4O5S. The minimum atomic E-state index is -3.38. The van der Waals surface area contributed by atoms with Crippen molar-refractivity contribution in [2.45, 2.75) is 55.7 Å². The van der Waals surface area contributed by atoms with Gasteiger partial charge in [-0.15, -0.1) is 0 Å². The Morgan fingerprint density at radius 1 is 1.34 bits per heavy atom. The van der Waals surface area contributed by atoms with Gasteiger partial charge in [0.2, 0.25) is 10.0 Å². The fraction of sp³-hybridized carbons (Fsp3) is 0.737. The topological polar surface area (TPSA) is 111 Å². The first-order valence-electron chi connectivity index (χ1n) is 10.0. The van der Waals surface area contributed by atoms with E-state index in [1.54, 1.807) is 17.3 Å². The average molecular weight is 425 g/mol. The zero-order valence-corrected chi connectivity index (χ0v) is 17.6. The normalized spacial score (nSPS) is 33.9. The Bertz CT molecular complexity index is 851. The second kappa shape index (κ2) is 7.81. The highest BCUT2D eigenvalue weighted by molar-refractivity contribution is 7.88. The molecule has 3 aliphatic rings. The lowest BCUT2D eigenvalue weighted by atomic mass is 9.86. The molecule has 1 aromatic heterocycles. The van der Waals surface area contributed by atoms with Crippen molar-refractivity contribution in [2.75, 3.05) is 26.5 Å². The molecule has 2 saturated carbocycles. The Morgan fingerprint density at radius 2 is 2.10 bits per heavy atom. The van der Waals surface area contributed by atoms with E-state index in [4.69, 9.17) is 9.47 Å². The maximum Gasteiger partial charge on any atom is 0.409 e. The summed E-state index contributed by atoms with van der Waals surface area (Å²) in [6.45, 7) is 0.726. The zero-order chi connectivity index (χ0) is 20.6. The van der Waals surface area contributed by atoms with Gasteiger partial charge >= 0.3 is 6.09 Å². The number of amides is 1. The number of hydrogen-bond donors (Lipinski definition) is 1. The fourth-order valence-corrected chi connectivity index (χ4v) is 5.82. The predicted octanol–water partition coefficient (Wildman–Crippen LogP) is 1.06. The van der Waals surface area contributed by atoms with Crippen molar-refractivity contribution < 1.29 is 22.7 Å². The third kappa shape index (κ3) is 4.24. The van der Waals surface area contributed by atoms with Gasteiger partial charge < -0.3 is 14.4 Å². The standard InChI is InChI=1S/C19H28N4O5S/c1-27-18(24)23-9-5-15(22-29(2,25)26)16(23)12-28-14-4-6-19(11-13(19)10-14)17-20-7-3-8-21-17/h3,7-8,13-16,22H,4-6,9-12H2,1-2H3/t13?,14-,15+,16+,19+/m1/s1. The number of fused-ring (bicyclic) bond motifs is 1. The first-order chi connectivity index (χ1) is 13.8. The second-order valence-electron chi connectivity index (χ2n) is 8.38. The molecule has 0 radical (unpaired) electrons. The van der Waals surface area contributed by atoms with Gasteiger partial charge in [-0.2, -0.15) is 0 Å². The van der Waals surface area contributed by atoms with Gasteiger partial charge in [0.25, 0.3) is 0 Å². The lowest BCUT2D eigenvalue weighted by molar-refractivity contribution is -0.00710. The Kier molecular flexibility index (Phi) is 5.52. The molecule has 2 heterocycles. The van der Waals surface area contributed by atoms with Gasteiger partial charge in [0, 0.05) is 30.4 Å². The largest absolute Gasteiger partial charge is 0.453 e. The Morgan fingerprint density at radius 3 is 2.76 bits per heavy atom. The number of hydrogen-bond acceptors (Lipinski definition) is 7. The number of nitrogens with one attached hydrogen (secondary N) is 1. The number of carbonyl (C=O) groups excluding carboxylic acids is 1. The number of nitrogens with zero attached hydrogens (tertiary/aromatic N) is 3. The van der Waals surface area contributed by atoms with E-state index in [0.29, 0.717) is 18.9 Å². The number of aromatic nitrogens is 2.